The largest absolute Gasteiger partial charge is 0.477 e. The summed E-state index contributed by atoms with van der Waals surface area (Å²) in [6, 6.07) is 4.19. The van der Waals surface area contributed by atoms with Crippen LogP contribution in [0.15, 0.2) is 38.3 Å². The van der Waals surface area contributed by atoms with Crippen LogP contribution >= 0.6 is 0 Å². The smallest absolute Gasteiger partial charge is 0.371 e. The van der Waals surface area contributed by atoms with E-state index in [9.17, 15) is 19.2 Å². The molecule has 2 heterocycles. The second-order valence-electron chi connectivity index (χ2n) is 4.53. The zero-order chi connectivity index (χ0) is 16.0. The van der Waals surface area contributed by atoms with E-state index in [1.807, 2.05) is 0 Å². The molecule has 3 rings (SSSR count). The minimum atomic E-state index is -1.41. The fourth-order valence-electron chi connectivity index (χ4n) is 2.12. The molecule has 0 aliphatic rings. The third kappa shape index (κ3) is 2.03. The molecule has 0 atom stereocenters. The van der Waals surface area contributed by atoms with Gasteiger partial charge in [0.25, 0.3) is 0 Å². The van der Waals surface area contributed by atoms with Gasteiger partial charge in [-0.25, -0.2) is 9.59 Å². The molecule has 8 nitrogen and oxygen atoms in total. The molecule has 0 aliphatic heterocycles. The number of fused-ring (bicyclic) bond motifs is 2. The average molecular weight is 301 g/mol. The van der Waals surface area contributed by atoms with Crippen molar-refractivity contribution in [2.75, 3.05) is 0 Å². The van der Waals surface area contributed by atoms with Crippen molar-refractivity contribution in [3.05, 3.63) is 56.2 Å². The summed E-state index contributed by atoms with van der Waals surface area (Å²) in [5, 5.41) is 17.9. The van der Waals surface area contributed by atoms with Gasteiger partial charge in [0, 0.05) is 23.6 Å². The number of pyridine rings is 1. The predicted molar refractivity (Wildman–Crippen MR) is 74.5 cm³/mol. The topological polar surface area (TPSA) is 138 Å². The maximum absolute atomic E-state index is 11.9. The number of nitrogens with one attached hydrogen (secondary N) is 1. The molecule has 2 aromatic heterocycles. The zero-order valence-corrected chi connectivity index (χ0v) is 10.7. The highest BCUT2D eigenvalue weighted by molar-refractivity contribution is 5.97. The molecular weight excluding hydrogens is 294 g/mol. The van der Waals surface area contributed by atoms with Crippen molar-refractivity contribution in [2.24, 2.45) is 0 Å². The molecule has 0 radical (unpaired) electrons. The van der Waals surface area contributed by atoms with Crippen molar-refractivity contribution in [1.82, 2.24) is 4.98 Å². The van der Waals surface area contributed by atoms with Gasteiger partial charge in [0.2, 0.25) is 5.76 Å². The summed E-state index contributed by atoms with van der Waals surface area (Å²) in [6.45, 7) is 0. The number of aromatic carboxylic acids is 2. The number of aromatic amines is 1. The van der Waals surface area contributed by atoms with Crippen LogP contribution in [0.3, 0.4) is 0 Å². The molecule has 1 aromatic carbocycles. The third-order valence-corrected chi connectivity index (χ3v) is 3.12. The molecule has 0 saturated carbocycles. The Labute approximate surface area is 120 Å². The van der Waals surface area contributed by atoms with Crippen LogP contribution < -0.4 is 10.9 Å². The number of carboxylic acids is 2. The van der Waals surface area contributed by atoms with Crippen molar-refractivity contribution in [2.45, 2.75) is 0 Å². The van der Waals surface area contributed by atoms with Crippen LogP contribution in [-0.2, 0) is 0 Å². The summed E-state index contributed by atoms with van der Waals surface area (Å²) < 4.78 is 5.08. The van der Waals surface area contributed by atoms with Gasteiger partial charge in [0.1, 0.15) is 11.3 Å². The Balaban J connectivity index is 2.46. The summed E-state index contributed by atoms with van der Waals surface area (Å²) in [4.78, 5) is 48.2. The van der Waals surface area contributed by atoms with Crippen LogP contribution in [0, 0.1) is 0 Å². The van der Waals surface area contributed by atoms with Crippen molar-refractivity contribution in [3.8, 4) is 0 Å². The molecule has 0 spiro atoms. The fraction of sp³-hybridized carbons (Fsp3) is 0. The van der Waals surface area contributed by atoms with Crippen LogP contribution in [0.25, 0.3) is 21.9 Å². The summed E-state index contributed by atoms with van der Waals surface area (Å²) in [5.41, 5.74) is -1.44. The Hall–Kier alpha value is -3.42. The van der Waals surface area contributed by atoms with Crippen molar-refractivity contribution < 1.29 is 24.2 Å². The molecule has 0 aliphatic carbocycles. The molecule has 0 amide bonds. The lowest BCUT2D eigenvalue weighted by molar-refractivity contribution is 0.0660. The predicted octanol–water partition coefficient (Wildman–Crippen LogP) is 1.03. The third-order valence-electron chi connectivity index (χ3n) is 3.12. The highest BCUT2D eigenvalue weighted by Gasteiger charge is 2.14. The maximum Gasteiger partial charge on any atom is 0.371 e. The first-order valence-corrected chi connectivity index (χ1v) is 5.98. The van der Waals surface area contributed by atoms with E-state index in [1.165, 1.54) is 12.1 Å². The molecule has 0 fully saturated rings. The molecule has 8 heteroatoms. The van der Waals surface area contributed by atoms with E-state index >= 15 is 0 Å². The monoisotopic (exact) mass is 301 g/mol. The number of H-pyrrole nitrogens is 1. The van der Waals surface area contributed by atoms with Gasteiger partial charge in [-0.05, 0) is 6.07 Å². The molecule has 3 N–H and O–H groups in total. The Morgan fingerprint density at radius 3 is 2.23 bits per heavy atom. The highest BCUT2D eigenvalue weighted by Crippen LogP contribution is 2.18. The van der Waals surface area contributed by atoms with E-state index in [-0.39, 0.29) is 27.6 Å². The van der Waals surface area contributed by atoms with Crippen LogP contribution in [0.1, 0.15) is 21.0 Å². The van der Waals surface area contributed by atoms with E-state index in [0.717, 1.165) is 12.1 Å². The average Bonchev–Trinajstić information content (AvgIpc) is 2.45. The first-order valence-electron chi connectivity index (χ1n) is 5.98. The lowest BCUT2D eigenvalue weighted by Crippen LogP contribution is -2.11. The van der Waals surface area contributed by atoms with Gasteiger partial charge in [-0.3, -0.25) is 9.59 Å². The van der Waals surface area contributed by atoms with Crippen molar-refractivity contribution in [3.63, 3.8) is 0 Å². The molecule has 0 bridgehead atoms. The summed E-state index contributed by atoms with van der Waals surface area (Å²) in [6.07, 6.45) is 0. The number of hydrogen-bond acceptors (Lipinski definition) is 5. The minimum absolute atomic E-state index is 0.0334. The lowest BCUT2D eigenvalue weighted by Gasteiger charge is -2.03. The fourth-order valence-corrected chi connectivity index (χ4v) is 2.12. The summed E-state index contributed by atoms with van der Waals surface area (Å²) >= 11 is 0. The normalized spacial score (nSPS) is 10.9. The molecule has 0 saturated heterocycles. The van der Waals surface area contributed by atoms with Gasteiger partial charge in [0.05, 0.1) is 10.9 Å². The van der Waals surface area contributed by atoms with Gasteiger partial charge in [0.15, 0.2) is 10.9 Å². The van der Waals surface area contributed by atoms with E-state index in [1.54, 1.807) is 0 Å². The summed E-state index contributed by atoms with van der Waals surface area (Å²) in [5.74, 6) is -3.28. The molecular formula is C14H7NO7. The number of carboxylic acid groups (broad SMARTS) is 2. The molecule has 0 unspecified atom stereocenters. The first kappa shape index (κ1) is 13.6. The Morgan fingerprint density at radius 1 is 0.909 bits per heavy atom. The van der Waals surface area contributed by atoms with Gasteiger partial charge in [-0.1, -0.05) is 0 Å². The number of hydrogen-bond donors (Lipinski definition) is 3. The highest BCUT2D eigenvalue weighted by atomic mass is 16.4. The first-order chi connectivity index (χ1) is 10.4. The lowest BCUT2D eigenvalue weighted by atomic mass is 10.1. The quantitative estimate of drug-likeness (QED) is 0.601. The van der Waals surface area contributed by atoms with Crippen LogP contribution in [-0.4, -0.2) is 27.1 Å². The zero-order valence-electron chi connectivity index (χ0n) is 10.7. The van der Waals surface area contributed by atoms with Gasteiger partial charge in [-0.2, -0.15) is 0 Å². The minimum Gasteiger partial charge on any atom is -0.477 e. The molecule has 22 heavy (non-hydrogen) atoms. The maximum atomic E-state index is 11.9. The van der Waals surface area contributed by atoms with E-state index < -0.39 is 28.6 Å². The van der Waals surface area contributed by atoms with Crippen LogP contribution in [0.4, 0.5) is 0 Å². The second-order valence-corrected chi connectivity index (χ2v) is 4.53. The molecule has 3 aromatic rings. The van der Waals surface area contributed by atoms with E-state index in [0.29, 0.717) is 0 Å². The van der Waals surface area contributed by atoms with Gasteiger partial charge in [-0.15, -0.1) is 0 Å². The number of rotatable bonds is 2. The second kappa shape index (κ2) is 4.55. The van der Waals surface area contributed by atoms with Crippen LogP contribution in [0.2, 0.25) is 0 Å². The van der Waals surface area contributed by atoms with Gasteiger partial charge >= 0.3 is 11.9 Å². The SMILES string of the molecule is O=C(O)c1cc(=O)c2cc3c(=O)cc(C(=O)O)oc3cc2[nH]1. The summed E-state index contributed by atoms with van der Waals surface area (Å²) in [7, 11) is 0. The van der Waals surface area contributed by atoms with Gasteiger partial charge < -0.3 is 19.6 Å². The Bertz CT molecular complexity index is 991. The number of benzene rings is 1. The van der Waals surface area contributed by atoms with Crippen molar-refractivity contribution in [1.29, 1.82) is 0 Å². The number of carbonyl (C=O) groups is 2. The number of aromatic nitrogens is 1. The van der Waals surface area contributed by atoms with E-state index in [2.05, 4.69) is 4.98 Å². The Kier molecular flexibility index (Phi) is 2.81. The molecule has 110 valence electrons. The van der Waals surface area contributed by atoms with Crippen LogP contribution in [0.5, 0.6) is 0 Å². The van der Waals surface area contributed by atoms with E-state index in [4.69, 9.17) is 14.6 Å². The van der Waals surface area contributed by atoms with Crippen molar-refractivity contribution >= 4 is 33.8 Å². The Morgan fingerprint density at radius 2 is 1.59 bits per heavy atom. The standard InChI is InChI=1S/C14H7NO7/c16-9-2-8(13(18)19)15-7-3-11-6(1-5(7)9)10(17)4-12(22-11)14(20)21/h1-4H,(H,15,16)(H,18,19)(H,20,21).